The van der Waals surface area contributed by atoms with Crippen LogP contribution in [0.2, 0.25) is 0 Å². The lowest BCUT2D eigenvalue weighted by molar-refractivity contribution is 0.319. The highest BCUT2D eigenvalue weighted by atomic mass is 32.2. The summed E-state index contributed by atoms with van der Waals surface area (Å²) in [4.78, 5) is 16.0. The van der Waals surface area contributed by atoms with Gasteiger partial charge in [0.25, 0.3) is 11.0 Å². The van der Waals surface area contributed by atoms with Crippen molar-refractivity contribution in [3.63, 3.8) is 0 Å². The molecule has 0 unspecified atom stereocenters. The van der Waals surface area contributed by atoms with Gasteiger partial charge in [-0.2, -0.15) is 9.27 Å². The zero-order chi connectivity index (χ0) is 26.1. The van der Waals surface area contributed by atoms with Crippen LogP contribution in [0.3, 0.4) is 0 Å². The van der Waals surface area contributed by atoms with E-state index in [-0.39, 0.29) is 0 Å². The van der Waals surface area contributed by atoms with Crippen molar-refractivity contribution in [1.82, 2.24) is 15.0 Å². The van der Waals surface area contributed by atoms with Gasteiger partial charge in [0.1, 0.15) is 5.82 Å². The molecule has 12 heteroatoms. The molecule has 0 fully saturated rings. The van der Waals surface area contributed by atoms with Crippen molar-refractivity contribution in [3.05, 3.63) is 59.8 Å². The van der Waals surface area contributed by atoms with E-state index in [1.807, 2.05) is 41.3 Å². The molecule has 2 aromatic heterocycles. The van der Waals surface area contributed by atoms with Crippen molar-refractivity contribution >= 4 is 39.3 Å². The number of hydrogen-bond acceptors (Lipinski definition) is 11. The number of nitrogens with zero attached hydrogens (tertiary/aromatic N) is 5. The number of pyridine rings is 1. The largest absolute Gasteiger partial charge is 0.493 e. The summed E-state index contributed by atoms with van der Waals surface area (Å²) in [5.41, 5.74) is 11.2. The molecule has 1 aliphatic rings. The molecule has 0 saturated heterocycles. The van der Waals surface area contributed by atoms with Gasteiger partial charge in [-0.15, -0.1) is 0 Å². The van der Waals surface area contributed by atoms with E-state index in [4.69, 9.17) is 24.5 Å². The van der Waals surface area contributed by atoms with Crippen molar-refractivity contribution in [2.24, 2.45) is 0 Å². The molecule has 11 nitrogen and oxygen atoms in total. The maximum Gasteiger partial charge on any atom is 0.277 e. The second-order valence-corrected chi connectivity index (χ2v) is 9.00. The van der Waals surface area contributed by atoms with Crippen LogP contribution in [0.25, 0.3) is 22.2 Å². The molecule has 2 aromatic carbocycles. The van der Waals surface area contributed by atoms with Crippen LogP contribution in [0.4, 0.5) is 17.5 Å². The molecule has 1 aliphatic heterocycles. The number of ether oxygens (including phenoxy) is 2. The Hall–Kier alpha value is -4.16. The number of methoxy groups -OCH3 is 2. The molecule has 0 radical (unpaired) electrons. The van der Waals surface area contributed by atoms with Gasteiger partial charge in [-0.3, -0.25) is 4.98 Å². The predicted molar refractivity (Wildman–Crippen MR) is 141 cm³/mol. The quantitative estimate of drug-likeness (QED) is 0.274. The van der Waals surface area contributed by atoms with Crippen LogP contribution < -0.4 is 25.2 Å². The summed E-state index contributed by atoms with van der Waals surface area (Å²) >= 11 is 0. The number of benzene rings is 2. The number of anilines is 3. The molecular weight excluding hydrogens is 496 g/mol. The van der Waals surface area contributed by atoms with E-state index in [0.717, 1.165) is 11.1 Å². The van der Waals surface area contributed by atoms with Crippen LogP contribution in [0.1, 0.15) is 11.1 Å². The molecule has 2 N–H and O–H groups in total. The van der Waals surface area contributed by atoms with Crippen LogP contribution in [-0.4, -0.2) is 51.2 Å². The first-order valence-electron chi connectivity index (χ1n) is 11.5. The van der Waals surface area contributed by atoms with Gasteiger partial charge in [-0.25, -0.2) is 18.5 Å². The fourth-order valence-corrected chi connectivity index (χ4v) is 5.01. The molecular formula is C25H26N6O5S. The smallest absolute Gasteiger partial charge is 0.277 e. The van der Waals surface area contributed by atoms with E-state index >= 15 is 0 Å². The molecule has 0 saturated carbocycles. The first kappa shape index (κ1) is 24.5. The van der Waals surface area contributed by atoms with Crippen LogP contribution in [-0.2, 0) is 28.2 Å². The highest BCUT2D eigenvalue weighted by Gasteiger charge is 2.26. The molecule has 5 rings (SSSR count). The van der Waals surface area contributed by atoms with Crippen molar-refractivity contribution in [3.8, 4) is 22.8 Å². The molecule has 4 aromatic rings. The zero-order valence-electron chi connectivity index (χ0n) is 20.5. The van der Waals surface area contributed by atoms with Crippen molar-refractivity contribution < 1.29 is 22.2 Å². The summed E-state index contributed by atoms with van der Waals surface area (Å²) in [7, 11) is 1.70. The Morgan fingerprint density at radius 2 is 1.92 bits per heavy atom. The molecule has 0 aliphatic carbocycles. The monoisotopic (exact) mass is 522 g/mol. The fourth-order valence-electron chi connectivity index (χ4n) is 4.72. The number of hydrogen-bond donors (Lipinski definition) is 2. The third kappa shape index (κ3) is 4.56. The van der Waals surface area contributed by atoms with Crippen molar-refractivity contribution in [2.45, 2.75) is 13.0 Å². The summed E-state index contributed by atoms with van der Waals surface area (Å²) in [5.74, 6) is 1.79. The predicted octanol–water partition coefficient (Wildman–Crippen LogP) is 2.75. The molecule has 0 atom stereocenters. The van der Waals surface area contributed by atoms with Crippen molar-refractivity contribution in [1.29, 1.82) is 0 Å². The Balaban J connectivity index is 1.58. The standard InChI is InChI=1S/C25H26N6O5S/c1-30(36-37(32)33)19-9-6-7-15-14-31(12-10-16(15)19)25-28-18-13-20(34-2)23(35-3)21(22(18)24(26)29-25)17-8-4-5-11-27-17/h4-9,11,13,37H,10,12,14H2,1-3H3,(H2,26,28,29). The number of hydroxylamine groups is 1. The van der Waals surface area contributed by atoms with E-state index in [1.54, 1.807) is 33.5 Å². The average Bonchev–Trinajstić information content (AvgIpc) is 2.91. The Kier molecular flexibility index (Phi) is 6.68. The van der Waals surface area contributed by atoms with Crippen molar-refractivity contribution in [2.75, 3.05) is 43.5 Å². The SMILES string of the molecule is COc1cc2nc(N3CCc4c(cccc4N(C)O[SH](=O)=O)C3)nc(N)c2c(-c2ccccn2)c1OC. The van der Waals surface area contributed by atoms with Gasteiger partial charge in [0.05, 0.1) is 42.1 Å². The number of nitrogens with two attached hydrogens (primary N) is 1. The van der Waals surface area contributed by atoms with Gasteiger partial charge in [0.15, 0.2) is 11.5 Å². The van der Waals surface area contributed by atoms with Gasteiger partial charge in [0.2, 0.25) is 5.95 Å². The zero-order valence-corrected chi connectivity index (χ0v) is 21.4. The lowest BCUT2D eigenvalue weighted by Gasteiger charge is -2.31. The molecule has 0 amide bonds. The number of thiol groups is 1. The minimum atomic E-state index is -3.01. The molecule has 0 spiro atoms. The highest BCUT2D eigenvalue weighted by molar-refractivity contribution is 7.67. The Morgan fingerprint density at radius 1 is 1.08 bits per heavy atom. The first-order valence-corrected chi connectivity index (χ1v) is 12.6. The highest BCUT2D eigenvalue weighted by Crippen LogP contribution is 2.45. The number of fused-ring (bicyclic) bond motifs is 2. The van der Waals surface area contributed by atoms with Gasteiger partial charge in [-0.05, 0) is 35.7 Å². The summed E-state index contributed by atoms with van der Waals surface area (Å²) < 4.78 is 38.3. The number of nitrogen functional groups attached to an aromatic ring is 1. The maximum absolute atomic E-state index is 11.0. The minimum Gasteiger partial charge on any atom is -0.493 e. The van der Waals surface area contributed by atoms with Crippen LogP contribution >= 0.6 is 0 Å². The number of aromatic nitrogens is 3. The van der Waals surface area contributed by atoms with Gasteiger partial charge >= 0.3 is 0 Å². The summed E-state index contributed by atoms with van der Waals surface area (Å²) in [6.45, 7) is 1.12. The van der Waals surface area contributed by atoms with E-state index in [1.165, 1.54) is 5.06 Å². The van der Waals surface area contributed by atoms with Crippen LogP contribution in [0.15, 0.2) is 48.7 Å². The summed E-state index contributed by atoms with van der Waals surface area (Å²) in [5, 5.41) is 1.90. The normalized spacial score (nSPS) is 13.0. The Morgan fingerprint density at radius 3 is 2.62 bits per heavy atom. The Labute approximate surface area is 215 Å². The number of rotatable bonds is 7. The lowest BCUT2D eigenvalue weighted by Crippen LogP contribution is -2.33. The molecule has 37 heavy (non-hydrogen) atoms. The van der Waals surface area contributed by atoms with Crippen LogP contribution in [0, 0.1) is 0 Å². The average molecular weight is 523 g/mol. The fraction of sp³-hybridized carbons (Fsp3) is 0.240. The van der Waals surface area contributed by atoms with E-state index in [2.05, 4.69) is 9.97 Å². The third-order valence-electron chi connectivity index (χ3n) is 6.32. The van der Waals surface area contributed by atoms with Gasteiger partial charge in [0, 0.05) is 32.4 Å². The topological polar surface area (TPSA) is 133 Å². The van der Waals surface area contributed by atoms with E-state index < -0.39 is 11.0 Å². The van der Waals surface area contributed by atoms with Gasteiger partial charge in [-0.1, -0.05) is 18.2 Å². The van der Waals surface area contributed by atoms with E-state index in [0.29, 0.717) is 70.6 Å². The summed E-state index contributed by atoms with van der Waals surface area (Å²) in [6.07, 6.45) is 2.34. The Bertz CT molecular complexity index is 1540. The molecule has 3 heterocycles. The molecule has 0 bridgehead atoms. The first-order chi connectivity index (χ1) is 17.9. The maximum atomic E-state index is 11.0. The third-order valence-corrected chi connectivity index (χ3v) is 6.70. The second-order valence-electron chi connectivity index (χ2n) is 8.39. The summed E-state index contributed by atoms with van der Waals surface area (Å²) in [6, 6.07) is 13.1. The molecule has 192 valence electrons. The second kappa shape index (κ2) is 10.1. The lowest BCUT2D eigenvalue weighted by atomic mass is 9.98. The minimum absolute atomic E-state index is 0.300. The van der Waals surface area contributed by atoms with Gasteiger partial charge < -0.3 is 20.1 Å². The van der Waals surface area contributed by atoms with E-state index in [9.17, 15) is 8.42 Å². The van der Waals surface area contributed by atoms with Crippen LogP contribution in [0.5, 0.6) is 11.5 Å².